The summed E-state index contributed by atoms with van der Waals surface area (Å²) in [5.74, 6) is 0.454. The van der Waals surface area contributed by atoms with Crippen molar-refractivity contribution in [1.82, 2.24) is 29.8 Å². The highest BCUT2D eigenvalue weighted by Gasteiger charge is 2.27. The number of H-pyrrole nitrogens is 1. The fraction of sp³-hybridized carbons (Fsp3) is 0.409. The van der Waals surface area contributed by atoms with Gasteiger partial charge in [0.05, 0.1) is 20.8 Å². The zero-order valence-corrected chi connectivity index (χ0v) is 18.5. The highest BCUT2D eigenvalue weighted by Crippen LogP contribution is 2.40. The lowest BCUT2D eigenvalue weighted by atomic mass is 9.99. The second-order valence-electron chi connectivity index (χ2n) is 8.41. The van der Waals surface area contributed by atoms with E-state index in [1.165, 1.54) is 10.3 Å². The quantitative estimate of drug-likeness (QED) is 0.526. The fourth-order valence-corrected chi connectivity index (χ4v) is 5.67. The van der Waals surface area contributed by atoms with Crippen LogP contribution in [0.1, 0.15) is 47.5 Å². The van der Waals surface area contributed by atoms with Crippen LogP contribution in [0.15, 0.2) is 24.7 Å². The van der Waals surface area contributed by atoms with Gasteiger partial charge in [-0.05, 0) is 43.0 Å². The SMILES string of the molecule is Cc1cc(-c2[nH]c3cc(C(=O)N4CCNC[C@H]4C)sc3c2C(C)C)cn2ncnc12. The van der Waals surface area contributed by atoms with Gasteiger partial charge in [-0.15, -0.1) is 11.3 Å². The third-order valence-corrected chi connectivity index (χ3v) is 7.06. The average molecular weight is 423 g/mol. The summed E-state index contributed by atoms with van der Waals surface area (Å²) in [6, 6.07) is 4.39. The van der Waals surface area contributed by atoms with Crippen LogP contribution in [0.5, 0.6) is 0 Å². The van der Waals surface area contributed by atoms with Crippen LogP contribution >= 0.6 is 11.3 Å². The van der Waals surface area contributed by atoms with Crippen molar-refractivity contribution < 1.29 is 4.79 Å². The van der Waals surface area contributed by atoms with Crippen molar-refractivity contribution in [3.8, 4) is 11.3 Å². The van der Waals surface area contributed by atoms with Crippen LogP contribution in [-0.4, -0.2) is 56.1 Å². The Kier molecular flexibility index (Phi) is 4.63. The maximum Gasteiger partial charge on any atom is 0.264 e. The average Bonchev–Trinajstić information content (AvgIpc) is 3.41. The summed E-state index contributed by atoms with van der Waals surface area (Å²) in [7, 11) is 0. The molecule has 7 nitrogen and oxygen atoms in total. The van der Waals surface area contributed by atoms with Crippen LogP contribution < -0.4 is 5.32 Å². The van der Waals surface area contributed by atoms with Gasteiger partial charge in [0.2, 0.25) is 0 Å². The second kappa shape index (κ2) is 7.21. The number of rotatable bonds is 3. The molecular weight excluding hydrogens is 396 g/mol. The standard InChI is InChI=1S/C22H26N6OS/c1-12(2)18-19(15-7-13(3)21-24-11-25-28(21)10-15)26-16-8-17(30-20(16)18)22(29)27-6-5-23-9-14(27)4/h7-8,10-12,14,23,26H,5-6,9H2,1-4H3/t14-/m1/s1. The Hall–Kier alpha value is -2.71. The summed E-state index contributed by atoms with van der Waals surface area (Å²) in [6.45, 7) is 11.0. The summed E-state index contributed by atoms with van der Waals surface area (Å²) in [6.07, 6.45) is 3.60. The van der Waals surface area contributed by atoms with Crippen LogP contribution in [0.3, 0.4) is 0 Å². The number of carbonyl (C=O) groups is 1. The summed E-state index contributed by atoms with van der Waals surface area (Å²) in [4.78, 5) is 23.9. The number of amides is 1. The fourth-order valence-electron chi connectivity index (χ4n) is 4.40. The molecule has 1 aliphatic heterocycles. The predicted octanol–water partition coefficient (Wildman–Crippen LogP) is 3.80. The first-order chi connectivity index (χ1) is 14.4. The van der Waals surface area contributed by atoms with Crippen molar-refractivity contribution in [3.05, 3.63) is 40.7 Å². The molecule has 0 saturated carbocycles. The lowest BCUT2D eigenvalue weighted by molar-refractivity contribution is 0.0661. The zero-order chi connectivity index (χ0) is 21.0. The Bertz CT molecular complexity index is 1250. The number of piperazine rings is 1. The minimum Gasteiger partial charge on any atom is -0.354 e. The molecule has 0 bridgehead atoms. The topological polar surface area (TPSA) is 78.3 Å². The van der Waals surface area contributed by atoms with Gasteiger partial charge >= 0.3 is 0 Å². The molecule has 8 heteroatoms. The number of nitrogens with one attached hydrogen (secondary N) is 2. The molecule has 30 heavy (non-hydrogen) atoms. The molecule has 4 aromatic heterocycles. The van der Waals surface area contributed by atoms with E-state index in [9.17, 15) is 4.79 Å². The first-order valence-corrected chi connectivity index (χ1v) is 11.2. The predicted molar refractivity (Wildman–Crippen MR) is 120 cm³/mol. The number of aromatic amines is 1. The number of thiophene rings is 1. The molecule has 156 valence electrons. The number of hydrogen-bond donors (Lipinski definition) is 2. The van der Waals surface area contributed by atoms with E-state index in [1.807, 2.05) is 21.7 Å². The summed E-state index contributed by atoms with van der Waals surface area (Å²) >= 11 is 1.60. The third-order valence-electron chi connectivity index (χ3n) is 5.90. The molecule has 2 N–H and O–H groups in total. The third kappa shape index (κ3) is 3.02. The van der Waals surface area contributed by atoms with Gasteiger partial charge in [-0.1, -0.05) is 13.8 Å². The summed E-state index contributed by atoms with van der Waals surface area (Å²) < 4.78 is 2.99. The maximum absolute atomic E-state index is 13.2. The van der Waals surface area contributed by atoms with Crippen molar-refractivity contribution in [2.75, 3.05) is 19.6 Å². The van der Waals surface area contributed by atoms with Crippen LogP contribution in [0, 0.1) is 6.92 Å². The molecular formula is C22H26N6OS. The van der Waals surface area contributed by atoms with E-state index in [-0.39, 0.29) is 11.9 Å². The number of aryl methyl sites for hydroxylation is 1. The van der Waals surface area contributed by atoms with Crippen LogP contribution in [0.4, 0.5) is 0 Å². The molecule has 0 aromatic carbocycles. The first kappa shape index (κ1) is 19.3. The van der Waals surface area contributed by atoms with E-state index < -0.39 is 0 Å². The molecule has 4 aromatic rings. The molecule has 1 saturated heterocycles. The number of nitrogens with zero attached hydrogens (tertiary/aromatic N) is 4. The van der Waals surface area contributed by atoms with E-state index in [2.05, 4.69) is 54.1 Å². The summed E-state index contributed by atoms with van der Waals surface area (Å²) in [5.41, 5.74) is 6.42. The van der Waals surface area contributed by atoms with E-state index in [0.717, 1.165) is 52.5 Å². The molecule has 1 aliphatic rings. The number of carbonyl (C=O) groups excluding carboxylic acids is 1. The van der Waals surface area contributed by atoms with Gasteiger partial charge in [0, 0.05) is 37.4 Å². The van der Waals surface area contributed by atoms with E-state index in [1.54, 1.807) is 17.7 Å². The lowest BCUT2D eigenvalue weighted by Gasteiger charge is -2.33. The van der Waals surface area contributed by atoms with Crippen molar-refractivity contribution in [1.29, 1.82) is 0 Å². The summed E-state index contributed by atoms with van der Waals surface area (Å²) in [5, 5.41) is 7.67. The van der Waals surface area contributed by atoms with Crippen LogP contribution in [0.2, 0.25) is 0 Å². The number of hydrogen-bond acceptors (Lipinski definition) is 5. The number of fused-ring (bicyclic) bond motifs is 2. The minimum absolute atomic E-state index is 0.134. The molecule has 1 fully saturated rings. The van der Waals surface area contributed by atoms with Gasteiger partial charge < -0.3 is 15.2 Å². The zero-order valence-electron chi connectivity index (χ0n) is 17.7. The Morgan fingerprint density at radius 3 is 2.93 bits per heavy atom. The number of aromatic nitrogens is 4. The van der Waals surface area contributed by atoms with E-state index in [4.69, 9.17) is 0 Å². The van der Waals surface area contributed by atoms with E-state index in [0.29, 0.717) is 5.92 Å². The molecule has 1 amide bonds. The number of pyridine rings is 1. The van der Waals surface area contributed by atoms with Crippen LogP contribution in [-0.2, 0) is 0 Å². The molecule has 1 atom stereocenters. The largest absolute Gasteiger partial charge is 0.354 e. The van der Waals surface area contributed by atoms with Gasteiger partial charge in [0.15, 0.2) is 5.65 Å². The Morgan fingerprint density at radius 1 is 1.33 bits per heavy atom. The first-order valence-electron chi connectivity index (χ1n) is 10.4. The highest BCUT2D eigenvalue weighted by molar-refractivity contribution is 7.21. The van der Waals surface area contributed by atoms with Crippen molar-refractivity contribution in [3.63, 3.8) is 0 Å². The lowest BCUT2D eigenvalue weighted by Crippen LogP contribution is -2.52. The van der Waals surface area contributed by atoms with Crippen molar-refractivity contribution in [2.24, 2.45) is 0 Å². The Balaban J connectivity index is 1.60. The molecule has 0 spiro atoms. The molecule has 5 heterocycles. The van der Waals surface area contributed by atoms with E-state index >= 15 is 0 Å². The molecule has 5 rings (SSSR count). The van der Waals surface area contributed by atoms with Gasteiger partial charge in [-0.25, -0.2) is 9.50 Å². The van der Waals surface area contributed by atoms with Crippen molar-refractivity contribution >= 4 is 33.1 Å². The van der Waals surface area contributed by atoms with Gasteiger partial charge in [0.25, 0.3) is 5.91 Å². The maximum atomic E-state index is 13.2. The molecule has 0 unspecified atom stereocenters. The minimum atomic E-state index is 0.134. The normalized spacial score (nSPS) is 17.5. The Labute approximate surface area is 179 Å². The Morgan fingerprint density at radius 2 is 2.17 bits per heavy atom. The molecule has 0 radical (unpaired) electrons. The highest BCUT2D eigenvalue weighted by atomic mass is 32.1. The monoisotopic (exact) mass is 422 g/mol. The van der Waals surface area contributed by atoms with Gasteiger partial charge in [-0.3, -0.25) is 4.79 Å². The van der Waals surface area contributed by atoms with Gasteiger partial charge in [0.1, 0.15) is 6.33 Å². The molecule has 0 aliphatic carbocycles. The van der Waals surface area contributed by atoms with Crippen LogP contribution in [0.25, 0.3) is 27.1 Å². The van der Waals surface area contributed by atoms with Crippen molar-refractivity contribution in [2.45, 2.75) is 39.7 Å². The van der Waals surface area contributed by atoms with Gasteiger partial charge in [-0.2, -0.15) is 5.10 Å². The second-order valence-corrected chi connectivity index (χ2v) is 9.47. The smallest absolute Gasteiger partial charge is 0.264 e.